The molecule has 4 heteroatoms. The zero-order valence-electron chi connectivity index (χ0n) is 33.7. The van der Waals surface area contributed by atoms with Gasteiger partial charge in [-0.05, 0) is 65.2 Å². The van der Waals surface area contributed by atoms with Crippen molar-refractivity contribution in [3.8, 4) is 67.5 Å². The number of benzene rings is 9. The summed E-state index contributed by atoms with van der Waals surface area (Å²) in [6, 6.07) is 82.1. The topological polar surface area (TPSA) is 35.6 Å². The Balaban J connectivity index is 0.950. The number of fused-ring (bicyclic) bond motifs is 6. The van der Waals surface area contributed by atoms with Crippen molar-refractivity contribution in [3.05, 3.63) is 231 Å². The van der Waals surface area contributed by atoms with Gasteiger partial charge >= 0.3 is 0 Å². The van der Waals surface area contributed by atoms with Gasteiger partial charge in [0.05, 0.1) is 33.5 Å². The van der Waals surface area contributed by atoms with E-state index in [0.717, 1.165) is 50.6 Å². The summed E-state index contributed by atoms with van der Waals surface area (Å²) in [5.74, 6) is 0.699. The molecule has 0 aliphatic carbocycles. The van der Waals surface area contributed by atoms with Crippen LogP contribution in [0.15, 0.2) is 231 Å². The number of hydrogen-bond acceptors (Lipinski definition) is 2. The van der Waals surface area contributed by atoms with Gasteiger partial charge in [0.1, 0.15) is 0 Å². The van der Waals surface area contributed by atoms with Crippen molar-refractivity contribution in [1.82, 2.24) is 19.1 Å². The van der Waals surface area contributed by atoms with Crippen LogP contribution in [-0.4, -0.2) is 19.1 Å². The first-order valence-corrected chi connectivity index (χ1v) is 21.1. The minimum atomic E-state index is 0.699. The summed E-state index contributed by atoms with van der Waals surface area (Å²) in [5, 5.41) is 4.95. The van der Waals surface area contributed by atoms with E-state index in [1.807, 2.05) is 12.1 Å². The molecule has 3 aromatic heterocycles. The van der Waals surface area contributed by atoms with Crippen molar-refractivity contribution in [2.45, 2.75) is 0 Å². The molecule has 0 aliphatic rings. The van der Waals surface area contributed by atoms with Gasteiger partial charge in [-0.3, -0.25) is 0 Å². The van der Waals surface area contributed by atoms with E-state index < -0.39 is 0 Å². The summed E-state index contributed by atoms with van der Waals surface area (Å²) in [6.07, 6.45) is 0. The van der Waals surface area contributed by atoms with Crippen molar-refractivity contribution in [2.24, 2.45) is 0 Å². The molecule has 12 aromatic rings. The molecule has 0 atom stereocenters. The van der Waals surface area contributed by atoms with Crippen LogP contribution >= 0.6 is 0 Å². The molecule has 0 N–H and O–H groups in total. The summed E-state index contributed by atoms with van der Waals surface area (Å²) in [6.45, 7) is 0. The van der Waals surface area contributed by atoms with Gasteiger partial charge < -0.3 is 9.13 Å². The average Bonchev–Trinajstić information content (AvgIpc) is 3.87. The van der Waals surface area contributed by atoms with E-state index in [1.165, 1.54) is 54.7 Å². The SMILES string of the molecule is c1ccc(-c2cc(-c3ccccc3)nc(-c3ccc(-c4cccc5c6ccccc6n(-c6ccc(-c7ccc8c9ccccc9n(-c9ccccc9)c8c7)cc6)c45)cc3)n2)cc1. The lowest BCUT2D eigenvalue weighted by Crippen LogP contribution is -1.97. The smallest absolute Gasteiger partial charge is 0.160 e. The van der Waals surface area contributed by atoms with Crippen LogP contribution in [0, 0.1) is 0 Å². The molecule has 12 rings (SSSR count). The summed E-state index contributed by atoms with van der Waals surface area (Å²) in [5.41, 5.74) is 16.6. The lowest BCUT2D eigenvalue weighted by molar-refractivity contribution is 1.18. The maximum atomic E-state index is 5.09. The minimum absolute atomic E-state index is 0.699. The van der Waals surface area contributed by atoms with E-state index in [2.05, 4.69) is 228 Å². The maximum absolute atomic E-state index is 5.09. The van der Waals surface area contributed by atoms with Crippen molar-refractivity contribution < 1.29 is 0 Å². The van der Waals surface area contributed by atoms with E-state index in [9.17, 15) is 0 Å². The lowest BCUT2D eigenvalue weighted by Gasteiger charge is -2.13. The highest BCUT2D eigenvalue weighted by Crippen LogP contribution is 2.40. The number of para-hydroxylation sites is 4. The van der Waals surface area contributed by atoms with E-state index in [4.69, 9.17) is 9.97 Å². The lowest BCUT2D eigenvalue weighted by atomic mass is 10.00. The van der Waals surface area contributed by atoms with Crippen molar-refractivity contribution in [3.63, 3.8) is 0 Å². The van der Waals surface area contributed by atoms with Crippen LogP contribution in [0.4, 0.5) is 0 Å². The molecule has 0 saturated carbocycles. The molecule has 0 spiro atoms. The molecule has 0 bridgehead atoms. The molecular weight excluding hydrogens is 753 g/mol. The molecule has 0 saturated heterocycles. The van der Waals surface area contributed by atoms with Crippen molar-refractivity contribution in [2.75, 3.05) is 0 Å². The van der Waals surface area contributed by atoms with Crippen LogP contribution in [0.25, 0.3) is 111 Å². The van der Waals surface area contributed by atoms with Crippen LogP contribution in [0.1, 0.15) is 0 Å². The van der Waals surface area contributed by atoms with Crippen LogP contribution in [0.5, 0.6) is 0 Å². The fourth-order valence-corrected chi connectivity index (χ4v) is 9.22. The van der Waals surface area contributed by atoms with Crippen LogP contribution in [0.3, 0.4) is 0 Å². The zero-order chi connectivity index (χ0) is 41.0. The molecule has 290 valence electrons. The molecule has 0 fully saturated rings. The Morgan fingerprint density at radius 1 is 0.274 bits per heavy atom. The molecule has 0 unspecified atom stereocenters. The Bertz CT molecular complexity index is 3530. The van der Waals surface area contributed by atoms with Gasteiger partial charge in [0.2, 0.25) is 0 Å². The first-order chi connectivity index (χ1) is 30.7. The van der Waals surface area contributed by atoms with Gasteiger partial charge in [-0.25, -0.2) is 9.97 Å². The van der Waals surface area contributed by atoms with Crippen molar-refractivity contribution in [1.29, 1.82) is 0 Å². The third kappa shape index (κ3) is 6.00. The van der Waals surface area contributed by atoms with Gasteiger partial charge in [0.25, 0.3) is 0 Å². The molecule has 0 aliphatic heterocycles. The Labute approximate surface area is 359 Å². The van der Waals surface area contributed by atoms with Gasteiger partial charge in [-0.1, -0.05) is 182 Å². The maximum Gasteiger partial charge on any atom is 0.160 e. The van der Waals surface area contributed by atoms with E-state index >= 15 is 0 Å². The average molecular weight is 791 g/mol. The highest BCUT2D eigenvalue weighted by Gasteiger charge is 2.18. The zero-order valence-corrected chi connectivity index (χ0v) is 33.7. The van der Waals surface area contributed by atoms with Gasteiger partial charge in [0.15, 0.2) is 5.82 Å². The summed E-state index contributed by atoms with van der Waals surface area (Å²) < 4.78 is 4.80. The predicted octanol–water partition coefficient (Wildman–Crippen LogP) is 15.0. The second-order valence-corrected chi connectivity index (χ2v) is 15.8. The highest BCUT2D eigenvalue weighted by atomic mass is 15.0. The quantitative estimate of drug-likeness (QED) is 0.161. The Morgan fingerprint density at radius 2 is 0.758 bits per heavy atom. The van der Waals surface area contributed by atoms with Gasteiger partial charge in [-0.15, -0.1) is 0 Å². The van der Waals surface area contributed by atoms with Crippen LogP contribution in [0.2, 0.25) is 0 Å². The third-order valence-corrected chi connectivity index (χ3v) is 12.2. The predicted molar refractivity (Wildman–Crippen MR) is 258 cm³/mol. The number of nitrogens with zero attached hydrogens (tertiary/aromatic N) is 4. The molecular formula is C58H38N4. The fourth-order valence-electron chi connectivity index (χ4n) is 9.22. The summed E-state index contributed by atoms with van der Waals surface area (Å²) in [4.78, 5) is 10.2. The number of hydrogen-bond donors (Lipinski definition) is 0. The molecule has 62 heavy (non-hydrogen) atoms. The van der Waals surface area contributed by atoms with Crippen molar-refractivity contribution >= 4 is 43.6 Å². The second-order valence-electron chi connectivity index (χ2n) is 15.8. The summed E-state index contributed by atoms with van der Waals surface area (Å²) >= 11 is 0. The number of rotatable bonds is 7. The standard InChI is InChI=1S/C58H38N4/c1-4-15-41(16-5-1)52-38-53(42-17-6-2-7-18-42)60-58(59-52)43-29-27-40(28-30-43)47-23-14-24-51-49-22-11-13-26-55(49)62(57(47)51)46-34-31-39(32-35-46)44-33-36-50-48-21-10-12-25-54(48)61(56(50)37-44)45-19-8-3-9-20-45/h1-38H. The minimum Gasteiger partial charge on any atom is -0.309 e. The largest absolute Gasteiger partial charge is 0.309 e. The fraction of sp³-hybridized carbons (Fsp3) is 0. The summed E-state index contributed by atoms with van der Waals surface area (Å²) in [7, 11) is 0. The highest BCUT2D eigenvalue weighted by molar-refractivity contribution is 6.14. The normalized spacial score (nSPS) is 11.5. The Morgan fingerprint density at radius 3 is 1.42 bits per heavy atom. The molecule has 3 heterocycles. The number of aromatic nitrogens is 4. The Hall–Kier alpha value is -8.34. The van der Waals surface area contributed by atoms with Crippen LogP contribution in [-0.2, 0) is 0 Å². The third-order valence-electron chi connectivity index (χ3n) is 12.2. The monoisotopic (exact) mass is 790 g/mol. The van der Waals surface area contributed by atoms with E-state index in [-0.39, 0.29) is 0 Å². The first kappa shape index (κ1) is 35.6. The van der Waals surface area contributed by atoms with Crippen LogP contribution < -0.4 is 0 Å². The Kier molecular flexibility index (Phi) is 8.46. The van der Waals surface area contributed by atoms with Gasteiger partial charge in [0, 0.05) is 55.2 Å². The second kappa shape index (κ2) is 14.7. The van der Waals surface area contributed by atoms with E-state index in [1.54, 1.807) is 0 Å². The molecule has 9 aromatic carbocycles. The molecule has 0 radical (unpaired) electrons. The molecule has 0 amide bonds. The van der Waals surface area contributed by atoms with Gasteiger partial charge in [-0.2, -0.15) is 0 Å². The first-order valence-electron chi connectivity index (χ1n) is 21.1. The molecule has 4 nitrogen and oxygen atoms in total. The van der Waals surface area contributed by atoms with E-state index in [0.29, 0.717) is 5.82 Å².